The highest BCUT2D eigenvalue weighted by atomic mass is 32.2. The number of aryl methyl sites for hydroxylation is 1. The van der Waals surface area contributed by atoms with Gasteiger partial charge in [-0.2, -0.15) is 10.5 Å². The second kappa shape index (κ2) is 9.18. The summed E-state index contributed by atoms with van der Waals surface area (Å²) in [5.74, 6) is 0.796. The molecule has 6 nitrogen and oxygen atoms in total. The minimum atomic E-state index is 0.00892. The Morgan fingerprint density at radius 3 is 2.46 bits per heavy atom. The summed E-state index contributed by atoms with van der Waals surface area (Å²) in [5, 5.41) is 28.9. The molecule has 0 atom stereocenters. The van der Waals surface area contributed by atoms with Crippen molar-refractivity contribution >= 4 is 11.8 Å². The van der Waals surface area contributed by atoms with Crippen LogP contribution in [0, 0.1) is 22.7 Å². The van der Waals surface area contributed by atoms with E-state index in [1.165, 1.54) is 11.8 Å². The minimum Gasteiger partial charge on any atom is -0.396 e. The maximum Gasteiger partial charge on any atom is 0.112 e. The van der Waals surface area contributed by atoms with Crippen molar-refractivity contribution in [1.29, 1.82) is 10.5 Å². The van der Waals surface area contributed by atoms with Gasteiger partial charge in [0.2, 0.25) is 0 Å². The van der Waals surface area contributed by atoms with Gasteiger partial charge in [-0.3, -0.25) is 4.98 Å². The molecule has 1 N–H and O–H groups in total. The molecule has 0 radical (unpaired) electrons. The molecule has 28 heavy (non-hydrogen) atoms. The average Bonchev–Trinajstić information content (AvgIpc) is 3.05. The molecule has 0 saturated heterocycles. The van der Waals surface area contributed by atoms with Crippen LogP contribution in [0.2, 0.25) is 0 Å². The van der Waals surface area contributed by atoms with E-state index in [9.17, 15) is 15.6 Å². The van der Waals surface area contributed by atoms with Crippen LogP contribution in [0.1, 0.15) is 35.3 Å². The van der Waals surface area contributed by atoms with E-state index >= 15 is 0 Å². The molecule has 3 rings (SSSR count). The van der Waals surface area contributed by atoms with Crippen LogP contribution in [0.4, 0.5) is 0 Å². The Hall–Kier alpha value is -3.13. The molecule has 0 aliphatic carbocycles. The lowest BCUT2D eigenvalue weighted by Crippen LogP contribution is -2.09. The Morgan fingerprint density at radius 2 is 1.89 bits per heavy atom. The molecule has 0 unspecified atom stereocenters. The summed E-state index contributed by atoms with van der Waals surface area (Å²) in [6.45, 7) is 2.58. The molecule has 0 aliphatic heterocycles. The van der Waals surface area contributed by atoms with Gasteiger partial charge >= 0.3 is 0 Å². The van der Waals surface area contributed by atoms with Crippen molar-refractivity contribution in [3.63, 3.8) is 0 Å². The zero-order valence-corrected chi connectivity index (χ0v) is 16.3. The van der Waals surface area contributed by atoms with E-state index < -0.39 is 0 Å². The molecular weight excluding hydrogens is 370 g/mol. The largest absolute Gasteiger partial charge is 0.396 e. The summed E-state index contributed by atoms with van der Waals surface area (Å²) >= 11 is 1.48. The highest BCUT2D eigenvalue weighted by Crippen LogP contribution is 2.33. The summed E-state index contributed by atoms with van der Waals surface area (Å²) in [4.78, 5) is 9.94. The van der Waals surface area contributed by atoms with Crippen LogP contribution in [0.15, 0.2) is 52.5 Å². The first-order chi connectivity index (χ1) is 13.7. The molecule has 2 aromatic heterocycles. The first-order valence-electron chi connectivity index (χ1n) is 8.90. The number of imidazole rings is 1. The topological polar surface area (TPSA) is 98.5 Å². The van der Waals surface area contributed by atoms with E-state index in [4.69, 9.17) is 4.98 Å². The molecule has 1 aromatic carbocycles. The maximum absolute atomic E-state index is 9.46. The fourth-order valence-corrected chi connectivity index (χ4v) is 4.07. The van der Waals surface area contributed by atoms with Crippen LogP contribution in [0.25, 0.3) is 0 Å². The van der Waals surface area contributed by atoms with E-state index in [1.54, 1.807) is 24.4 Å². The monoisotopic (exact) mass is 389 g/mol. The molecule has 2 heterocycles. The fraction of sp³-hybridized carbons (Fsp3) is 0.238. The number of aromatic nitrogens is 3. The Balaban J connectivity index is 2.06. The summed E-state index contributed by atoms with van der Waals surface area (Å²) in [6.07, 6.45) is 2.93. The average molecular weight is 389 g/mol. The van der Waals surface area contributed by atoms with Gasteiger partial charge in [-0.05, 0) is 36.8 Å². The Kier molecular flexibility index (Phi) is 6.44. The van der Waals surface area contributed by atoms with Crippen LogP contribution in [0.5, 0.6) is 0 Å². The number of aliphatic hydroxyl groups excluding tert-OH is 1. The van der Waals surface area contributed by atoms with Gasteiger partial charge in [0.1, 0.15) is 10.9 Å². The van der Waals surface area contributed by atoms with E-state index in [1.807, 2.05) is 25.1 Å². The molecule has 0 amide bonds. The number of hydrogen-bond acceptors (Lipinski definition) is 6. The van der Waals surface area contributed by atoms with Crippen molar-refractivity contribution < 1.29 is 5.11 Å². The number of nitrogens with zero attached hydrogens (tertiary/aromatic N) is 5. The molecule has 0 aliphatic rings. The molecule has 0 saturated carbocycles. The van der Waals surface area contributed by atoms with Crippen molar-refractivity contribution in [2.24, 2.45) is 0 Å². The van der Waals surface area contributed by atoms with Gasteiger partial charge in [0.25, 0.3) is 0 Å². The molecule has 0 bridgehead atoms. The first-order valence-corrected chi connectivity index (χ1v) is 9.72. The SMILES string of the molecule is CCc1nc(CCO)n(Cc2ccccn2)c1Sc1cc(C#N)cc(C#N)c1. The zero-order chi connectivity index (χ0) is 19.9. The summed E-state index contributed by atoms with van der Waals surface area (Å²) in [5.41, 5.74) is 2.72. The summed E-state index contributed by atoms with van der Waals surface area (Å²) in [6, 6.07) is 15.1. The van der Waals surface area contributed by atoms with Gasteiger partial charge in [-0.25, -0.2) is 4.98 Å². The second-order valence-corrected chi connectivity index (χ2v) is 7.15. The van der Waals surface area contributed by atoms with Crippen LogP contribution in [-0.2, 0) is 19.4 Å². The van der Waals surface area contributed by atoms with E-state index in [0.717, 1.165) is 33.6 Å². The van der Waals surface area contributed by atoms with Crippen molar-refractivity contribution in [1.82, 2.24) is 14.5 Å². The van der Waals surface area contributed by atoms with Gasteiger partial charge in [-0.15, -0.1) is 0 Å². The highest BCUT2D eigenvalue weighted by molar-refractivity contribution is 7.99. The normalized spacial score (nSPS) is 10.4. The van der Waals surface area contributed by atoms with Crippen molar-refractivity contribution in [3.05, 3.63) is 70.9 Å². The van der Waals surface area contributed by atoms with Crippen LogP contribution < -0.4 is 0 Å². The zero-order valence-electron chi connectivity index (χ0n) is 15.5. The first kappa shape index (κ1) is 19.6. The minimum absolute atomic E-state index is 0.00892. The number of rotatable bonds is 7. The number of nitriles is 2. The summed E-state index contributed by atoms with van der Waals surface area (Å²) in [7, 11) is 0. The molecule has 3 aromatic rings. The molecule has 7 heteroatoms. The third kappa shape index (κ3) is 4.40. The third-order valence-corrected chi connectivity index (χ3v) is 5.28. The number of aliphatic hydroxyl groups is 1. The number of hydrogen-bond donors (Lipinski definition) is 1. The predicted molar refractivity (Wildman–Crippen MR) is 106 cm³/mol. The van der Waals surface area contributed by atoms with E-state index in [0.29, 0.717) is 24.1 Å². The Labute approximate surface area is 168 Å². The van der Waals surface area contributed by atoms with Gasteiger partial charge < -0.3 is 9.67 Å². The quantitative estimate of drug-likeness (QED) is 0.665. The third-order valence-electron chi connectivity index (χ3n) is 4.16. The van der Waals surface area contributed by atoms with Gasteiger partial charge in [0.15, 0.2) is 0 Å². The van der Waals surface area contributed by atoms with Crippen molar-refractivity contribution in [3.8, 4) is 12.1 Å². The highest BCUT2D eigenvalue weighted by Gasteiger charge is 2.18. The molecule has 0 fully saturated rings. The smallest absolute Gasteiger partial charge is 0.112 e. The number of pyridine rings is 1. The van der Waals surface area contributed by atoms with Crippen molar-refractivity contribution in [2.75, 3.05) is 6.61 Å². The van der Waals surface area contributed by atoms with Crippen LogP contribution in [0.3, 0.4) is 0 Å². The van der Waals surface area contributed by atoms with E-state index in [2.05, 4.69) is 21.7 Å². The Morgan fingerprint density at radius 1 is 1.14 bits per heavy atom. The van der Waals surface area contributed by atoms with Crippen molar-refractivity contribution in [2.45, 2.75) is 36.2 Å². The predicted octanol–water partition coefficient (Wildman–Crippen LogP) is 3.32. The lowest BCUT2D eigenvalue weighted by Gasteiger charge is -2.12. The van der Waals surface area contributed by atoms with Gasteiger partial charge in [-0.1, -0.05) is 24.8 Å². The molecular formula is C21H19N5OS. The Bertz CT molecular complexity index is 1010. The summed E-state index contributed by atoms with van der Waals surface area (Å²) < 4.78 is 2.06. The lowest BCUT2D eigenvalue weighted by molar-refractivity contribution is 0.294. The molecule has 140 valence electrons. The number of benzene rings is 1. The second-order valence-electron chi connectivity index (χ2n) is 6.09. The van der Waals surface area contributed by atoms with Crippen LogP contribution in [-0.4, -0.2) is 26.2 Å². The fourth-order valence-electron chi connectivity index (χ4n) is 2.89. The maximum atomic E-state index is 9.46. The van der Waals surface area contributed by atoms with E-state index in [-0.39, 0.29) is 6.61 Å². The standard InChI is InChI=1S/C21H19N5OS/c1-2-19-21(28-18-10-15(12-22)9-16(11-18)13-23)26(20(25-19)6-8-27)14-17-5-3-4-7-24-17/h3-5,7,9-11,27H,2,6,8,14H2,1H3. The van der Waals surface area contributed by atoms with Gasteiger partial charge in [0.05, 0.1) is 47.8 Å². The lowest BCUT2D eigenvalue weighted by atomic mass is 10.1. The molecule has 0 spiro atoms. The van der Waals surface area contributed by atoms with Crippen LogP contribution >= 0.6 is 11.8 Å². The van der Waals surface area contributed by atoms with Gasteiger partial charge in [0, 0.05) is 17.5 Å².